The molecule has 2 saturated carbocycles. The molecule has 0 amide bonds. The number of ketones is 1. The van der Waals surface area contributed by atoms with Gasteiger partial charge < -0.3 is 14.3 Å². The molecule has 0 spiro atoms. The van der Waals surface area contributed by atoms with Crippen molar-refractivity contribution in [3.8, 4) is 0 Å². The molecular formula is C24H40O5S. The molecule has 2 bridgehead atoms. The van der Waals surface area contributed by atoms with Crippen molar-refractivity contribution in [2.45, 2.75) is 116 Å². The molecule has 0 aliphatic heterocycles. The van der Waals surface area contributed by atoms with Crippen molar-refractivity contribution in [1.82, 2.24) is 0 Å². The lowest BCUT2D eigenvalue weighted by molar-refractivity contribution is -0.160. The van der Waals surface area contributed by atoms with Crippen LogP contribution in [-0.4, -0.2) is 40.6 Å². The SMILES string of the molecule is CCC(C)(CC)CC(C=O)C(=O)CC(=O)OC12CCC(OC(C)(CC)CS)(CC1)C2. The summed E-state index contributed by atoms with van der Waals surface area (Å²) in [5.41, 5.74) is -1.14. The van der Waals surface area contributed by atoms with E-state index in [2.05, 4.69) is 47.2 Å². The van der Waals surface area contributed by atoms with Crippen LogP contribution in [0.4, 0.5) is 0 Å². The molecule has 0 aromatic rings. The molecule has 5 nitrogen and oxygen atoms in total. The molecule has 2 aliphatic rings. The second kappa shape index (κ2) is 9.72. The predicted octanol–water partition coefficient (Wildman–Crippen LogP) is 5.09. The van der Waals surface area contributed by atoms with Crippen LogP contribution in [0.3, 0.4) is 0 Å². The number of fused-ring (bicyclic) bond motifs is 2. The molecule has 0 N–H and O–H groups in total. The van der Waals surface area contributed by atoms with Gasteiger partial charge in [0.2, 0.25) is 0 Å². The van der Waals surface area contributed by atoms with Crippen molar-refractivity contribution in [3.63, 3.8) is 0 Å². The fourth-order valence-electron chi connectivity index (χ4n) is 4.98. The van der Waals surface area contributed by atoms with Crippen molar-refractivity contribution in [2.75, 3.05) is 5.75 Å². The Labute approximate surface area is 187 Å². The van der Waals surface area contributed by atoms with E-state index in [1.807, 2.05) is 0 Å². The maximum atomic E-state index is 12.6. The fourth-order valence-corrected chi connectivity index (χ4v) is 5.26. The average molecular weight is 441 g/mol. The minimum absolute atomic E-state index is 0.0728. The second-order valence-corrected chi connectivity index (χ2v) is 10.5. The van der Waals surface area contributed by atoms with Crippen LogP contribution in [0.5, 0.6) is 0 Å². The molecule has 2 unspecified atom stereocenters. The van der Waals surface area contributed by atoms with Crippen LogP contribution < -0.4 is 0 Å². The highest BCUT2D eigenvalue weighted by Gasteiger charge is 2.59. The van der Waals surface area contributed by atoms with E-state index >= 15 is 0 Å². The van der Waals surface area contributed by atoms with Gasteiger partial charge in [0.15, 0.2) is 5.78 Å². The van der Waals surface area contributed by atoms with Crippen molar-refractivity contribution in [1.29, 1.82) is 0 Å². The molecule has 6 heteroatoms. The van der Waals surface area contributed by atoms with Gasteiger partial charge in [0, 0.05) is 12.2 Å². The summed E-state index contributed by atoms with van der Waals surface area (Å²) in [6, 6.07) is 0. The van der Waals surface area contributed by atoms with Gasteiger partial charge in [-0.25, -0.2) is 0 Å². The topological polar surface area (TPSA) is 69.7 Å². The maximum Gasteiger partial charge on any atom is 0.313 e. The molecule has 30 heavy (non-hydrogen) atoms. The van der Waals surface area contributed by atoms with Crippen LogP contribution >= 0.6 is 12.6 Å². The Morgan fingerprint density at radius 2 is 1.60 bits per heavy atom. The van der Waals surface area contributed by atoms with Gasteiger partial charge in [-0.1, -0.05) is 40.5 Å². The monoisotopic (exact) mass is 440 g/mol. The van der Waals surface area contributed by atoms with Gasteiger partial charge in [-0.2, -0.15) is 12.6 Å². The number of ether oxygens (including phenoxy) is 2. The summed E-state index contributed by atoms with van der Waals surface area (Å²) >= 11 is 4.45. The lowest BCUT2D eigenvalue weighted by atomic mass is 9.76. The Morgan fingerprint density at radius 1 is 1.03 bits per heavy atom. The van der Waals surface area contributed by atoms with Gasteiger partial charge in [-0.15, -0.1) is 0 Å². The summed E-state index contributed by atoms with van der Waals surface area (Å²) in [4.78, 5) is 36.8. The van der Waals surface area contributed by atoms with Gasteiger partial charge in [-0.05, 0) is 50.9 Å². The highest BCUT2D eigenvalue weighted by Crippen LogP contribution is 2.56. The number of hydrogen-bond acceptors (Lipinski definition) is 6. The number of rotatable bonds is 13. The minimum atomic E-state index is -0.741. The summed E-state index contributed by atoms with van der Waals surface area (Å²) < 4.78 is 12.4. The highest BCUT2D eigenvalue weighted by atomic mass is 32.1. The largest absolute Gasteiger partial charge is 0.459 e. The van der Waals surface area contributed by atoms with E-state index in [1.54, 1.807) is 0 Å². The lowest BCUT2D eigenvalue weighted by Gasteiger charge is -2.38. The molecule has 172 valence electrons. The van der Waals surface area contributed by atoms with Crippen LogP contribution in [0.15, 0.2) is 0 Å². The number of carbonyl (C=O) groups is 3. The summed E-state index contributed by atoms with van der Waals surface area (Å²) in [6.07, 6.45) is 7.44. The van der Waals surface area contributed by atoms with Crippen molar-refractivity contribution >= 4 is 30.7 Å². The van der Waals surface area contributed by atoms with Crippen molar-refractivity contribution in [2.24, 2.45) is 11.3 Å². The van der Waals surface area contributed by atoms with E-state index in [1.165, 1.54) is 0 Å². The predicted molar refractivity (Wildman–Crippen MR) is 121 cm³/mol. The first kappa shape index (κ1) is 25.4. The number of esters is 1. The van der Waals surface area contributed by atoms with E-state index in [-0.39, 0.29) is 28.8 Å². The van der Waals surface area contributed by atoms with Gasteiger partial charge in [0.25, 0.3) is 0 Å². The zero-order valence-electron chi connectivity index (χ0n) is 19.4. The fraction of sp³-hybridized carbons (Fsp3) is 0.875. The van der Waals surface area contributed by atoms with E-state index in [9.17, 15) is 14.4 Å². The number of carbonyl (C=O) groups excluding carboxylic acids is 3. The summed E-state index contributed by atoms with van der Waals surface area (Å²) in [5, 5.41) is 0. The Bertz CT molecular complexity index is 628. The van der Waals surface area contributed by atoms with Crippen LogP contribution in [0.1, 0.15) is 98.8 Å². The van der Waals surface area contributed by atoms with Gasteiger partial charge in [0.1, 0.15) is 18.3 Å². The Morgan fingerprint density at radius 3 is 2.07 bits per heavy atom. The molecule has 0 aromatic carbocycles. The first-order valence-electron chi connectivity index (χ1n) is 11.5. The van der Waals surface area contributed by atoms with Crippen molar-refractivity contribution in [3.05, 3.63) is 0 Å². The van der Waals surface area contributed by atoms with E-state index < -0.39 is 17.5 Å². The average Bonchev–Trinajstić information content (AvgIpc) is 3.26. The first-order valence-corrected chi connectivity index (χ1v) is 12.2. The molecule has 2 fully saturated rings. The van der Waals surface area contributed by atoms with E-state index in [4.69, 9.17) is 9.47 Å². The van der Waals surface area contributed by atoms with Crippen LogP contribution in [-0.2, 0) is 23.9 Å². The third kappa shape index (κ3) is 5.67. The Hall–Kier alpha value is -0.880. The molecule has 0 aromatic heterocycles. The third-order valence-corrected chi connectivity index (χ3v) is 8.58. The zero-order valence-corrected chi connectivity index (χ0v) is 20.3. The van der Waals surface area contributed by atoms with Crippen molar-refractivity contribution < 1.29 is 23.9 Å². The van der Waals surface area contributed by atoms with E-state index in [0.29, 0.717) is 24.9 Å². The minimum Gasteiger partial charge on any atom is -0.459 e. The molecule has 0 radical (unpaired) electrons. The van der Waals surface area contributed by atoms with Gasteiger partial charge >= 0.3 is 5.97 Å². The highest BCUT2D eigenvalue weighted by molar-refractivity contribution is 7.80. The number of thiol groups is 1. The number of hydrogen-bond donors (Lipinski definition) is 1. The van der Waals surface area contributed by atoms with Gasteiger partial charge in [-0.3, -0.25) is 9.59 Å². The summed E-state index contributed by atoms with van der Waals surface area (Å²) in [6.45, 7) is 10.4. The Balaban J connectivity index is 1.95. The molecule has 0 saturated heterocycles. The Kier molecular flexibility index (Phi) is 8.23. The number of Topliss-reactive ketones (excluding diaryl/α,β-unsaturated/α-hetero) is 1. The molecule has 2 aliphatic carbocycles. The second-order valence-electron chi connectivity index (χ2n) is 10.2. The van der Waals surface area contributed by atoms with Gasteiger partial charge in [0.05, 0.1) is 17.1 Å². The molecule has 2 rings (SSSR count). The lowest BCUT2D eigenvalue weighted by Crippen LogP contribution is -2.41. The molecule has 0 heterocycles. The zero-order chi connectivity index (χ0) is 22.6. The van der Waals surface area contributed by atoms with Crippen LogP contribution in [0, 0.1) is 11.3 Å². The molecule has 2 atom stereocenters. The quantitative estimate of drug-likeness (QED) is 0.187. The normalized spacial score (nSPS) is 28.7. The number of aldehydes is 1. The summed E-state index contributed by atoms with van der Waals surface area (Å²) in [5.74, 6) is -0.929. The third-order valence-electron chi connectivity index (χ3n) is 7.91. The standard InChI is InChI=1S/C24H40O5S/c1-6-21(4,7-2)14-18(15-25)19(26)13-20(27)28-23-9-11-24(16-23,12-10-23)29-22(5,8-3)17-30/h15,18,30H,6-14,16-17H2,1-5H3. The van der Waals surface area contributed by atoms with Crippen LogP contribution in [0.2, 0.25) is 0 Å². The summed E-state index contributed by atoms with van der Waals surface area (Å²) in [7, 11) is 0. The maximum absolute atomic E-state index is 12.6. The van der Waals surface area contributed by atoms with E-state index in [0.717, 1.165) is 44.9 Å². The van der Waals surface area contributed by atoms with Crippen LogP contribution in [0.25, 0.3) is 0 Å². The first-order chi connectivity index (χ1) is 14.0. The smallest absolute Gasteiger partial charge is 0.313 e. The molecular weight excluding hydrogens is 400 g/mol.